The lowest BCUT2D eigenvalue weighted by Gasteiger charge is -2.30. The zero-order valence-corrected chi connectivity index (χ0v) is 13.4. The van der Waals surface area contributed by atoms with Crippen LogP contribution in [0.2, 0.25) is 0 Å². The molecule has 0 aliphatic carbocycles. The van der Waals surface area contributed by atoms with Gasteiger partial charge in [0.05, 0.1) is 12.6 Å². The van der Waals surface area contributed by atoms with Crippen LogP contribution in [0, 0.1) is 0 Å². The molecular formula is C16H20N4O4. The van der Waals surface area contributed by atoms with Crippen molar-refractivity contribution in [1.82, 2.24) is 10.2 Å². The third-order valence-electron chi connectivity index (χ3n) is 3.95. The molecule has 1 unspecified atom stereocenters. The number of benzene rings is 1. The number of nitrogens with one attached hydrogen (secondary N) is 2. The lowest BCUT2D eigenvalue weighted by atomic mass is 10.0. The van der Waals surface area contributed by atoms with Gasteiger partial charge in [-0.25, -0.2) is 0 Å². The number of nitrogens with two attached hydrogens (primary N) is 1. The number of carbonyl (C=O) groups excluding carboxylic acids is 4. The summed E-state index contributed by atoms with van der Waals surface area (Å²) in [5, 5.41) is 4.96. The molecule has 8 nitrogen and oxygen atoms in total. The van der Waals surface area contributed by atoms with E-state index in [0.29, 0.717) is 29.5 Å². The maximum atomic E-state index is 12.0. The van der Waals surface area contributed by atoms with Crippen molar-refractivity contribution in [3.8, 4) is 0 Å². The van der Waals surface area contributed by atoms with Crippen LogP contribution in [0.3, 0.4) is 0 Å². The summed E-state index contributed by atoms with van der Waals surface area (Å²) in [6, 6.07) is 4.50. The highest BCUT2D eigenvalue weighted by Gasteiger charge is 2.30. The van der Waals surface area contributed by atoms with E-state index >= 15 is 0 Å². The highest BCUT2D eigenvalue weighted by molar-refractivity contribution is 6.00. The normalized spacial score (nSPS) is 17.5. The third kappa shape index (κ3) is 4.03. The van der Waals surface area contributed by atoms with Crippen LogP contribution in [-0.4, -0.2) is 48.5 Å². The van der Waals surface area contributed by atoms with Crippen molar-refractivity contribution in [3.63, 3.8) is 0 Å². The predicted molar refractivity (Wildman–Crippen MR) is 87.2 cm³/mol. The largest absolute Gasteiger partial charge is 0.325 e. The molecule has 1 heterocycles. The number of hydrogen-bond donors (Lipinski definition) is 3. The minimum Gasteiger partial charge on any atom is -0.325 e. The van der Waals surface area contributed by atoms with Crippen molar-refractivity contribution in [2.75, 3.05) is 18.9 Å². The van der Waals surface area contributed by atoms with Crippen molar-refractivity contribution in [2.24, 2.45) is 5.73 Å². The molecule has 8 heteroatoms. The van der Waals surface area contributed by atoms with E-state index in [4.69, 9.17) is 5.73 Å². The highest BCUT2D eigenvalue weighted by Crippen LogP contribution is 2.23. The smallest absolute Gasteiger partial charge is 0.243 e. The zero-order chi connectivity index (χ0) is 17.7. The number of rotatable bonds is 6. The van der Waals surface area contributed by atoms with Gasteiger partial charge in [-0.1, -0.05) is 12.1 Å². The molecule has 0 saturated carbocycles. The summed E-state index contributed by atoms with van der Waals surface area (Å²) in [6.07, 6.45) is 1.38. The van der Waals surface area contributed by atoms with Crippen LogP contribution in [0.25, 0.3) is 0 Å². The molecule has 3 amide bonds. The Labute approximate surface area is 139 Å². The molecule has 1 aromatic carbocycles. The first-order valence-electron chi connectivity index (χ1n) is 7.57. The second kappa shape index (κ2) is 7.80. The quantitative estimate of drug-likeness (QED) is 0.483. The monoisotopic (exact) mass is 332 g/mol. The van der Waals surface area contributed by atoms with Crippen LogP contribution >= 0.6 is 0 Å². The summed E-state index contributed by atoms with van der Waals surface area (Å²) < 4.78 is 0. The molecule has 128 valence electrons. The van der Waals surface area contributed by atoms with Gasteiger partial charge in [-0.15, -0.1) is 0 Å². The zero-order valence-electron chi connectivity index (χ0n) is 13.4. The molecular weight excluding hydrogens is 312 g/mol. The average molecular weight is 332 g/mol. The Morgan fingerprint density at radius 3 is 2.83 bits per heavy atom. The van der Waals surface area contributed by atoms with E-state index in [1.807, 2.05) is 0 Å². The number of hydrogen-bond acceptors (Lipinski definition) is 6. The number of nitrogens with zero attached hydrogens (tertiary/aromatic N) is 1. The SMILES string of the molecule is CN(Cc1c(C=O)cccc1NC(=O)CN)C1CCC(=O)NC1=O. The maximum Gasteiger partial charge on any atom is 0.243 e. The Morgan fingerprint density at radius 2 is 2.21 bits per heavy atom. The topological polar surface area (TPSA) is 122 Å². The van der Waals surface area contributed by atoms with Crippen molar-refractivity contribution in [1.29, 1.82) is 0 Å². The Bertz CT molecular complexity index is 674. The summed E-state index contributed by atoms with van der Waals surface area (Å²) in [6.45, 7) is 0.0924. The molecule has 24 heavy (non-hydrogen) atoms. The summed E-state index contributed by atoms with van der Waals surface area (Å²) in [7, 11) is 1.73. The van der Waals surface area contributed by atoms with E-state index in [0.717, 1.165) is 0 Å². The summed E-state index contributed by atoms with van der Waals surface area (Å²) in [5.74, 6) is -1.01. The van der Waals surface area contributed by atoms with Crippen molar-refractivity contribution in [2.45, 2.75) is 25.4 Å². The minimum absolute atomic E-state index is 0.173. The van der Waals surface area contributed by atoms with Gasteiger partial charge in [0.15, 0.2) is 0 Å². The molecule has 1 aliphatic rings. The minimum atomic E-state index is -0.472. The van der Waals surface area contributed by atoms with Gasteiger partial charge in [-0.3, -0.25) is 29.4 Å². The molecule has 0 bridgehead atoms. The van der Waals surface area contributed by atoms with E-state index in [2.05, 4.69) is 10.6 Å². The van der Waals surface area contributed by atoms with Crippen LogP contribution < -0.4 is 16.4 Å². The number of carbonyl (C=O) groups is 4. The molecule has 0 radical (unpaired) electrons. The first-order chi connectivity index (χ1) is 11.5. The van der Waals surface area contributed by atoms with Gasteiger partial charge in [-0.2, -0.15) is 0 Å². The molecule has 1 atom stereocenters. The Kier molecular flexibility index (Phi) is 5.78. The van der Waals surface area contributed by atoms with Crippen LogP contribution in [0.15, 0.2) is 18.2 Å². The molecule has 1 saturated heterocycles. The summed E-state index contributed by atoms with van der Waals surface area (Å²) in [4.78, 5) is 47.9. The number of anilines is 1. The fourth-order valence-corrected chi connectivity index (χ4v) is 2.67. The van der Waals surface area contributed by atoms with E-state index in [1.54, 1.807) is 30.1 Å². The van der Waals surface area contributed by atoms with Gasteiger partial charge in [-0.05, 0) is 19.5 Å². The Hall–Kier alpha value is -2.58. The van der Waals surface area contributed by atoms with Crippen LogP contribution in [0.5, 0.6) is 0 Å². The van der Waals surface area contributed by atoms with E-state index in [9.17, 15) is 19.2 Å². The first-order valence-corrected chi connectivity index (χ1v) is 7.57. The molecule has 0 aromatic heterocycles. The van der Waals surface area contributed by atoms with Gasteiger partial charge < -0.3 is 11.1 Å². The average Bonchev–Trinajstić information content (AvgIpc) is 2.55. The van der Waals surface area contributed by atoms with Gasteiger partial charge in [0.25, 0.3) is 0 Å². The number of likely N-dealkylation sites (N-methyl/N-ethyl adjacent to an activating group) is 1. The fourth-order valence-electron chi connectivity index (χ4n) is 2.67. The van der Waals surface area contributed by atoms with Crippen molar-refractivity contribution < 1.29 is 19.2 Å². The lowest BCUT2D eigenvalue weighted by molar-refractivity contribution is -0.137. The second-order valence-corrected chi connectivity index (χ2v) is 5.63. The molecule has 1 aliphatic heterocycles. The molecule has 1 aromatic rings. The summed E-state index contributed by atoms with van der Waals surface area (Å²) >= 11 is 0. The predicted octanol–water partition coefficient (Wildman–Crippen LogP) is -0.367. The van der Waals surface area contributed by atoms with E-state index < -0.39 is 6.04 Å². The molecule has 0 spiro atoms. The van der Waals surface area contributed by atoms with E-state index in [1.165, 1.54) is 0 Å². The molecule has 2 rings (SSSR count). The molecule has 1 fully saturated rings. The lowest BCUT2D eigenvalue weighted by Crippen LogP contribution is -2.51. The second-order valence-electron chi connectivity index (χ2n) is 5.63. The third-order valence-corrected chi connectivity index (χ3v) is 3.95. The van der Waals surface area contributed by atoms with Gasteiger partial charge in [0.2, 0.25) is 17.7 Å². The first kappa shape index (κ1) is 17.8. The van der Waals surface area contributed by atoms with Gasteiger partial charge in [0, 0.05) is 29.8 Å². The van der Waals surface area contributed by atoms with Crippen LogP contribution in [-0.2, 0) is 20.9 Å². The van der Waals surface area contributed by atoms with Crippen molar-refractivity contribution >= 4 is 29.7 Å². The van der Waals surface area contributed by atoms with Crippen LogP contribution in [0.1, 0.15) is 28.8 Å². The Morgan fingerprint density at radius 1 is 1.46 bits per heavy atom. The number of amides is 3. The number of aldehydes is 1. The summed E-state index contributed by atoms with van der Waals surface area (Å²) in [5.41, 5.74) is 6.81. The van der Waals surface area contributed by atoms with Gasteiger partial charge >= 0.3 is 0 Å². The van der Waals surface area contributed by atoms with E-state index in [-0.39, 0.29) is 37.2 Å². The Balaban J connectivity index is 2.23. The number of piperidine rings is 1. The standard InChI is InChI=1S/C16H20N4O4/c1-20(13-5-6-14(22)19-16(13)24)8-11-10(9-21)3-2-4-12(11)18-15(23)7-17/h2-4,9,13H,5-8,17H2,1H3,(H,18,23)(H,19,22,24). The number of imide groups is 1. The van der Waals surface area contributed by atoms with Crippen LogP contribution in [0.4, 0.5) is 5.69 Å². The van der Waals surface area contributed by atoms with Gasteiger partial charge in [0.1, 0.15) is 6.29 Å². The van der Waals surface area contributed by atoms with Crippen molar-refractivity contribution in [3.05, 3.63) is 29.3 Å². The highest BCUT2D eigenvalue weighted by atomic mass is 16.2. The molecule has 4 N–H and O–H groups in total. The fraction of sp³-hybridized carbons (Fsp3) is 0.375. The maximum absolute atomic E-state index is 12.0.